The summed E-state index contributed by atoms with van der Waals surface area (Å²) < 4.78 is 17.1. The maximum Gasteiger partial charge on any atom is 0.305 e. The van der Waals surface area contributed by atoms with E-state index < -0.39 is 6.29 Å². The van der Waals surface area contributed by atoms with Crippen molar-refractivity contribution in [2.45, 2.75) is 63.9 Å². The zero-order valence-electron chi connectivity index (χ0n) is 16.2. The van der Waals surface area contributed by atoms with Crippen molar-refractivity contribution >= 4 is 11.7 Å². The molecule has 7 heteroatoms. The summed E-state index contributed by atoms with van der Waals surface area (Å²) in [6.07, 6.45) is 0.862. The molecule has 148 valence electrons. The van der Waals surface area contributed by atoms with Gasteiger partial charge in [0, 0.05) is 37.3 Å². The summed E-state index contributed by atoms with van der Waals surface area (Å²) in [5, 5.41) is 12.3. The summed E-state index contributed by atoms with van der Waals surface area (Å²) in [6, 6.07) is 3.83. The molecular formula is C20H27NO6. The van der Waals surface area contributed by atoms with E-state index in [1.165, 1.54) is 6.92 Å². The lowest BCUT2D eigenvalue weighted by atomic mass is 9.67. The number of anilines is 1. The van der Waals surface area contributed by atoms with Crippen LogP contribution in [0.4, 0.5) is 5.69 Å². The SMILES string of the molecule is CC[C@@H](OC(C)=O)ON1CC[C@]23c4c1ccc(OC)c4O[C@H]2C[C@@H](O)C3C. The van der Waals surface area contributed by atoms with Crippen LogP contribution in [0.25, 0.3) is 0 Å². The van der Waals surface area contributed by atoms with Crippen LogP contribution in [0, 0.1) is 5.92 Å². The number of aliphatic hydroxyl groups excluding tert-OH is 1. The van der Waals surface area contributed by atoms with Gasteiger partial charge in [-0.05, 0) is 24.5 Å². The Morgan fingerprint density at radius 3 is 2.93 bits per heavy atom. The maximum atomic E-state index is 11.3. The number of carbonyl (C=O) groups excluding carboxylic acids is 1. The molecule has 0 saturated heterocycles. The van der Waals surface area contributed by atoms with Gasteiger partial charge in [-0.2, -0.15) is 0 Å². The van der Waals surface area contributed by atoms with Crippen LogP contribution in [0.5, 0.6) is 11.5 Å². The van der Waals surface area contributed by atoms with E-state index in [-0.39, 0.29) is 29.5 Å². The molecule has 1 unspecified atom stereocenters. The van der Waals surface area contributed by atoms with Crippen molar-refractivity contribution in [3.8, 4) is 11.5 Å². The van der Waals surface area contributed by atoms with Crippen molar-refractivity contribution in [2.24, 2.45) is 5.92 Å². The van der Waals surface area contributed by atoms with E-state index in [1.54, 1.807) is 12.2 Å². The Morgan fingerprint density at radius 2 is 2.26 bits per heavy atom. The predicted molar refractivity (Wildman–Crippen MR) is 97.8 cm³/mol. The molecule has 1 aromatic carbocycles. The van der Waals surface area contributed by atoms with Crippen molar-refractivity contribution in [1.29, 1.82) is 0 Å². The highest BCUT2D eigenvalue weighted by Crippen LogP contribution is 2.63. The van der Waals surface area contributed by atoms with E-state index in [9.17, 15) is 9.90 Å². The molecule has 4 rings (SSSR count). The Balaban J connectivity index is 1.75. The fourth-order valence-electron chi connectivity index (χ4n) is 4.98. The van der Waals surface area contributed by atoms with E-state index in [4.69, 9.17) is 19.0 Å². The lowest BCUT2D eigenvalue weighted by Gasteiger charge is -2.42. The molecule has 0 radical (unpaired) electrons. The predicted octanol–water partition coefficient (Wildman–Crippen LogP) is 2.54. The molecule has 1 aromatic rings. The molecule has 2 heterocycles. The Kier molecular flexibility index (Phi) is 4.47. The number of hydrogen-bond acceptors (Lipinski definition) is 7. The number of esters is 1. The normalized spacial score (nSPS) is 31.7. The van der Waals surface area contributed by atoms with Gasteiger partial charge in [-0.1, -0.05) is 13.8 Å². The summed E-state index contributed by atoms with van der Waals surface area (Å²) in [6.45, 7) is 6.01. The second kappa shape index (κ2) is 6.56. The van der Waals surface area contributed by atoms with Gasteiger partial charge in [0.15, 0.2) is 11.5 Å². The van der Waals surface area contributed by atoms with E-state index in [1.807, 2.05) is 19.1 Å². The summed E-state index contributed by atoms with van der Waals surface area (Å²) in [4.78, 5) is 17.4. The zero-order valence-corrected chi connectivity index (χ0v) is 16.2. The van der Waals surface area contributed by atoms with E-state index in [0.29, 0.717) is 25.1 Å². The summed E-state index contributed by atoms with van der Waals surface area (Å²) >= 11 is 0. The summed E-state index contributed by atoms with van der Waals surface area (Å²) in [5.41, 5.74) is 1.69. The average molecular weight is 377 g/mol. The minimum absolute atomic E-state index is 0.0647. The molecule has 1 saturated carbocycles. The molecule has 1 spiro atoms. The molecule has 1 aliphatic carbocycles. The average Bonchev–Trinajstić information content (AvgIpc) is 3.09. The first kappa shape index (κ1) is 18.4. The van der Waals surface area contributed by atoms with Crippen molar-refractivity contribution in [1.82, 2.24) is 0 Å². The number of carbonyl (C=O) groups is 1. The topological polar surface area (TPSA) is 77.5 Å². The van der Waals surface area contributed by atoms with Crippen LogP contribution in [0.2, 0.25) is 0 Å². The number of aliphatic hydroxyl groups is 1. The highest BCUT2D eigenvalue weighted by atomic mass is 16.8. The fraction of sp³-hybridized carbons (Fsp3) is 0.650. The van der Waals surface area contributed by atoms with Crippen LogP contribution < -0.4 is 14.5 Å². The molecule has 1 fully saturated rings. The molecule has 0 aromatic heterocycles. The first-order valence-corrected chi connectivity index (χ1v) is 9.60. The first-order valence-electron chi connectivity index (χ1n) is 9.60. The Labute approximate surface area is 159 Å². The van der Waals surface area contributed by atoms with Crippen LogP contribution in [-0.4, -0.2) is 43.2 Å². The van der Waals surface area contributed by atoms with Crippen molar-refractivity contribution < 1.29 is 28.9 Å². The highest BCUT2D eigenvalue weighted by Gasteiger charge is 2.62. The van der Waals surface area contributed by atoms with Gasteiger partial charge < -0.3 is 19.3 Å². The lowest BCUT2D eigenvalue weighted by Crippen LogP contribution is -2.47. The molecule has 0 amide bonds. The summed E-state index contributed by atoms with van der Waals surface area (Å²) in [5.74, 6) is 1.14. The van der Waals surface area contributed by atoms with Crippen LogP contribution in [-0.2, 0) is 19.8 Å². The number of rotatable bonds is 5. The molecule has 27 heavy (non-hydrogen) atoms. The smallest absolute Gasteiger partial charge is 0.305 e. The Hall–Kier alpha value is -1.99. The third-order valence-corrected chi connectivity index (χ3v) is 6.34. The number of hydrogen-bond donors (Lipinski definition) is 1. The molecule has 5 atom stereocenters. The number of ether oxygens (including phenoxy) is 3. The number of methoxy groups -OCH3 is 1. The monoisotopic (exact) mass is 377 g/mol. The van der Waals surface area contributed by atoms with E-state index in [0.717, 1.165) is 23.4 Å². The second-order valence-electron chi connectivity index (χ2n) is 7.63. The van der Waals surface area contributed by atoms with Gasteiger partial charge in [-0.25, -0.2) is 9.90 Å². The van der Waals surface area contributed by atoms with Gasteiger partial charge in [0.25, 0.3) is 0 Å². The van der Waals surface area contributed by atoms with Gasteiger partial charge in [-0.3, -0.25) is 4.79 Å². The highest BCUT2D eigenvalue weighted by molar-refractivity contribution is 5.71. The minimum atomic E-state index is -0.640. The minimum Gasteiger partial charge on any atom is -0.493 e. The van der Waals surface area contributed by atoms with Crippen LogP contribution >= 0.6 is 0 Å². The molecule has 1 N–H and O–H groups in total. The standard InChI is InChI=1S/C20H27NO6/c1-5-17(25-12(3)22)27-21-9-8-20-11(2)14(23)10-16(20)26-19-15(24-4)7-6-13(21)18(19)20/h6-7,11,14,16-17,23H,5,8-10H2,1-4H3/t11?,14-,16+,17+,20-/m1/s1. The van der Waals surface area contributed by atoms with Gasteiger partial charge in [0.2, 0.25) is 6.29 Å². The quantitative estimate of drug-likeness (QED) is 0.624. The Morgan fingerprint density at radius 1 is 1.48 bits per heavy atom. The second-order valence-corrected chi connectivity index (χ2v) is 7.63. The molecule has 3 aliphatic rings. The van der Waals surface area contributed by atoms with Crippen molar-refractivity contribution in [3.63, 3.8) is 0 Å². The van der Waals surface area contributed by atoms with Gasteiger partial charge in [0.05, 0.1) is 18.9 Å². The van der Waals surface area contributed by atoms with Crippen LogP contribution in [0.3, 0.4) is 0 Å². The number of benzene rings is 1. The zero-order chi connectivity index (χ0) is 19.3. The molecular weight excluding hydrogens is 350 g/mol. The van der Waals surface area contributed by atoms with Crippen LogP contribution in [0.1, 0.15) is 45.6 Å². The van der Waals surface area contributed by atoms with E-state index in [2.05, 4.69) is 6.92 Å². The van der Waals surface area contributed by atoms with Crippen molar-refractivity contribution in [2.75, 3.05) is 18.7 Å². The molecule has 2 aliphatic heterocycles. The third-order valence-electron chi connectivity index (χ3n) is 6.34. The molecule has 7 nitrogen and oxygen atoms in total. The van der Waals surface area contributed by atoms with Crippen LogP contribution in [0.15, 0.2) is 12.1 Å². The van der Waals surface area contributed by atoms with Gasteiger partial charge in [-0.15, -0.1) is 0 Å². The lowest BCUT2D eigenvalue weighted by molar-refractivity contribution is -0.180. The van der Waals surface area contributed by atoms with E-state index >= 15 is 0 Å². The van der Waals surface area contributed by atoms with Crippen molar-refractivity contribution in [3.05, 3.63) is 17.7 Å². The number of hydroxylamine groups is 1. The molecule has 0 bridgehead atoms. The first-order chi connectivity index (χ1) is 12.9. The summed E-state index contributed by atoms with van der Waals surface area (Å²) in [7, 11) is 1.63. The Bertz CT molecular complexity index is 752. The number of nitrogens with zero attached hydrogens (tertiary/aromatic N) is 1. The van der Waals surface area contributed by atoms with Gasteiger partial charge >= 0.3 is 5.97 Å². The largest absolute Gasteiger partial charge is 0.493 e. The van der Waals surface area contributed by atoms with Gasteiger partial charge in [0.1, 0.15) is 6.10 Å². The maximum absolute atomic E-state index is 11.3. The third kappa shape index (κ3) is 2.59. The fourth-order valence-corrected chi connectivity index (χ4v) is 4.98.